The highest BCUT2D eigenvalue weighted by Crippen LogP contribution is 2.17. The lowest BCUT2D eigenvalue weighted by atomic mass is 10.1. The van der Waals surface area contributed by atoms with Crippen molar-refractivity contribution in [2.75, 3.05) is 6.61 Å². The Bertz CT molecular complexity index is 116. The van der Waals surface area contributed by atoms with Crippen LogP contribution >= 0.6 is 0 Å². The zero-order valence-corrected chi connectivity index (χ0v) is 9.63. The summed E-state index contributed by atoms with van der Waals surface area (Å²) in [6, 6.07) is 0. The van der Waals surface area contributed by atoms with Crippen molar-refractivity contribution in [2.24, 2.45) is 0 Å². The second kappa shape index (κ2) is 8.28. The van der Waals surface area contributed by atoms with Gasteiger partial charge in [0.2, 0.25) is 0 Å². The van der Waals surface area contributed by atoms with Crippen LogP contribution < -0.4 is 0 Å². The summed E-state index contributed by atoms with van der Waals surface area (Å²) >= 11 is 0. The van der Waals surface area contributed by atoms with Crippen LogP contribution in [0.5, 0.6) is 0 Å². The Hall–Kier alpha value is -0.0400. The van der Waals surface area contributed by atoms with Crippen molar-refractivity contribution >= 4 is 0 Å². The van der Waals surface area contributed by atoms with Crippen LogP contribution in [0.3, 0.4) is 0 Å². The molecule has 0 aromatic carbocycles. The third-order valence-electron chi connectivity index (χ3n) is 2.95. The highest BCUT2D eigenvalue weighted by atomic mass is 16.5. The minimum absolute atomic E-state index is 0.491. The van der Waals surface area contributed by atoms with Gasteiger partial charge in [-0.2, -0.15) is 0 Å². The van der Waals surface area contributed by atoms with Crippen LogP contribution in [-0.2, 0) is 4.74 Å². The van der Waals surface area contributed by atoms with Gasteiger partial charge in [-0.1, -0.05) is 45.4 Å². The van der Waals surface area contributed by atoms with E-state index in [1.807, 2.05) is 0 Å². The fourth-order valence-electron chi connectivity index (χ4n) is 2.02. The van der Waals surface area contributed by atoms with Crippen LogP contribution in [0.2, 0.25) is 0 Å². The van der Waals surface area contributed by atoms with Gasteiger partial charge < -0.3 is 4.74 Å². The number of ether oxygens (including phenoxy) is 1. The Kier molecular flexibility index (Phi) is 7.12. The molecule has 1 nitrogen and oxygen atoms in total. The van der Waals surface area contributed by atoms with Crippen LogP contribution in [-0.4, -0.2) is 12.7 Å². The number of rotatable bonds is 8. The van der Waals surface area contributed by atoms with E-state index in [0.29, 0.717) is 6.10 Å². The minimum Gasteiger partial charge on any atom is -0.378 e. The summed E-state index contributed by atoms with van der Waals surface area (Å²) in [6.45, 7) is 3.25. The fourth-order valence-corrected chi connectivity index (χ4v) is 2.02. The van der Waals surface area contributed by atoms with Gasteiger partial charge in [0.1, 0.15) is 0 Å². The Morgan fingerprint density at radius 3 is 2.64 bits per heavy atom. The predicted molar refractivity (Wildman–Crippen MR) is 61.3 cm³/mol. The van der Waals surface area contributed by atoms with Gasteiger partial charge in [0.25, 0.3) is 0 Å². The normalized spacial score (nSPS) is 21.6. The predicted octanol–water partition coefficient (Wildman–Crippen LogP) is 4.12. The maximum absolute atomic E-state index is 5.54. The van der Waals surface area contributed by atoms with Crippen molar-refractivity contribution in [3.05, 3.63) is 6.42 Å². The summed E-state index contributed by atoms with van der Waals surface area (Å²) in [7, 11) is 0. The molecule has 1 saturated heterocycles. The maximum atomic E-state index is 5.54. The lowest BCUT2D eigenvalue weighted by Crippen LogP contribution is -2.04. The maximum Gasteiger partial charge on any atom is 0.0607 e. The smallest absolute Gasteiger partial charge is 0.0607 e. The van der Waals surface area contributed by atoms with Crippen LogP contribution in [0.4, 0.5) is 0 Å². The van der Waals surface area contributed by atoms with E-state index >= 15 is 0 Å². The molecule has 1 radical (unpaired) electrons. The molecule has 0 aromatic rings. The Morgan fingerprint density at radius 2 is 1.93 bits per heavy atom. The van der Waals surface area contributed by atoms with Crippen molar-refractivity contribution in [1.82, 2.24) is 0 Å². The van der Waals surface area contributed by atoms with Gasteiger partial charge in [0.05, 0.1) is 6.10 Å². The standard InChI is InChI=1S/C13H25O/c1-2-3-4-5-6-7-8-10-13-11-9-12-14-13/h10,13H,2-9,11-12H2,1H3. The first-order chi connectivity index (χ1) is 6.93. The molecule has 1 atom stereocenters. The third-order valence-corrected chi connectivity index (χ3v) is 2.95. The SMILES string of the molecule is CCCCCCCC[CH]C1CCCO1. The van der Waals surface area contributed by atoms with Crippen molar-refractivity contribution in [3.63, 3.8) is 0 Å². The summed E-state index contributed by atoms with van der Waals surface area (Å²) in [5, 5.41) is 0. The summed E-state index contributed by atoms with van der Waals surface area (Å²) in [6.07, 6.45) is 15.0. The molecule has 1 heterocycles. The summed E-state index contributed by atoms with van der Waals surface area (Å²) < 4.78 is 5.54. The highest BCUT2D eigenvalue weighted by molar-refractivity contribution is 4.80. The van der Waals surface area contributed by atoms with Crippen molar-refractivity contribution < 1.29 is 4.74 Å². The molecular formula is C13H25O. The Labute approximate surface area is 89.2 Å². The van der Waals surface area contributed by atoms with Crippen LogP contribution in [0, 0.1) is 6.42 Å². The average molecular weight is 197 g/mol. The van der Waals surface area contributed by atoms with E-state index in [4.69, 9.17) is 4.74 Å². The van der Waals surface area contributed by atoms with Crippen LogP contribution in [0.1, 0.15) is 64.7 Å². The number of hydrogen-bond acceptors (Lipinski definition) is 1. The second-order valence-corrected chi connectivity index (χ2v) is 4.34. The van der Waals surface area contributed by atoms with E-state index in [9.17, 15) is 0 Å². The van der Waals surface area contributed by atoms with Gasteiger partial charge in [-0.15, -0.1) is 0 Å². The molecule has 0 N–H and O–H groups in total. The van der Waals surface area contributed by atoms with Crippen molar-refractivity contribution in [3.8, 4) is 0 Å². The monoisotopic (exact) mass is 197 g/mol. The quantitative estimate of drug-likeness (QED) is 0.532. The molecule has 1 fully saturated rings. The minimum atomic E-state index is 0.491. The van der Waals surface area contributed by atoms with Crippen LogP contribution in [0.15, 0.2) is 0 Å². The van der Waals surface area contributed by atoms with E-state index in [0.717, 1.165) is 6.61 Å². The summed E-state index contributed by atoms with van der Waals surface area (Å²) in [5.41, 5.74) is 0. The fraction of sp³-hybridized carbons (Fsp3) is 0.923. The molecule has 0 spiro atoms. The van der Waals surface area contributed by atoms with Crippen LogP contribution in [0.25, 0.3) is 0 Å². The Balaban J connectivity index is 1.75. The molecule has 0 amide bonds. The molecule has 1 aliphatic rings. The molecule has 0 aromatic heterocycles. The lowest BCUT2D eigenvalue weighted by molar-refractivity contribution is 0.131. The molecule has 14 heavy (non-hydrogen) atoms. The zero-order chi connectivity index (χ0) is 10.1. The molecule has 1 rings (SSSR count). The summed E-state index contributed by atoms with van der Waals surface area (Å²) in [5.74, 6) is 0. The molecule has 0 saturated carbocycles. The molecule has 1 heteroatoms. The van der Waals surface area contributed by atoms with Gasteiger partial charge in [0.15, 0.2) is 0 Å². The first-order valence-corrected chi connectivity index (χ1v) is 6.38. The second-order valence-electron chi connectivity index (χ2n) is 4.34. The van der Waals surface area contributed by atoms with Gasteiger partial charge in [-0.3, -0.25) is 0 Å². The number of hydrogen-bond donors (Lipinski definition) is 0. The van der Waals surface area contributed by atoms with E-state index in [1.54, 1.807) is 0 Å². The topological polar surface area (TPSA) is 9.23 Å². The highest BCUT2D eigenvalue weighted by Gasteiger charge is 2.14. The van der Waals surface area contributed by atoms with Gasteiger partial charge in [0, 0.05) is 6.61 Å². The molecule has 83 valence electrons. The zero-order valence-electron chi connectivity index (χ0n) is 9.63. The van der Waals surface area contributed by atoms with E-state index < -0.39 is 0 Å². The van der Waals surface area contributed by atoms with E-state index in [2.05, 4.69) is 13.3 Å². The van der Waals surface area contributed by atoms with Gasteiger partial charge in [-0.05, 0) is 25.7 Å². The first-order valence-electron chi connectivity index (χ1n) is 6.38. The number of unbranched alkanes of at least 4 members (excludes halogenated alkanes) is 6. The van der Waals surface area contributed by atoms with E-state index in [1.165, 1.54) is 57.8 Å². The first kappa shape index (κ1) is 12.0. The van der Waals surface area contributed by atoms with Gasteiger partial charge in [-0.25, -0.2) is 0 Å². The lowest BCUT2D eigenvalue weighted by Gasteiger charge is -2.07. The largest absolute Gasteiger partial charge is 0.378 e. The molecule has 0 aliphatic carbocycles. The molecule has 1 aliphatic heterocycles. The summed E-state index contributed by atoms with van der Waals surface area (Å²) in [4.78, 5) is 0. The molecule has 1 unspecified atom stereocenters. The molecule has 0 bridgehead atoms. The van der Waals surface area contributed by atoms with Crippen molar-refractivity contribution in [2.45, 2.75) is 70.8 Å². The van der Waals surface area contributed by atoms with Crippen molar-refractivity contribution in [1.29, 1.82) is 0 Å². The Morgan fingerprint density at radius 1 is 1.14 bits per heavy atom. The third kappa shape index (κ3) is 5.64. The average Bonchev–Trinajstić information content (AvgIpc) is 2.69. The molecular weight excluding hydrogens is 172 g/mol. The van der Waals surface area contributed by atoms with E-state index in [-0.39, 0.29) is 0 Å². The van der Waals surface area contributed by atoms with Gasteiger partial charge >= 0.3 is 0 Å².